The summed E-state index contributed by atoms with van der Waals surface area (Å²) >= 11 is 0. The van der Waals surface area contributed by atoms with E-state index in [2.05, 4.69) is 6.92 Å². The summed E-state index contributed by atoms with van der Waals surface area (Å²) < 4.78 is 4.70. The van der Waals surface area contributed by atoms with E-state index in [-0.39, 0.29) is 6.61 Å². The molecule has 4 heteroatoms. The van der Waals surface area contributed by atoms with Gasteiger partial charge in [-0.25, -0.2) is 9.59 Å². The zero-order valence-corrected chi connectivity index (χ0v) is 8.81. The summed E-state index contributed by atoms with van der Waals surface area (Å²) in [5.74, 6) is -1.80. The number of hydrogen-bond acceptors (Lipinski definition) is 3. The van der Waals surface area contributed by atoms with Crippen LogP contribution < -0.4 is 0 Å². The van der Waals surface area contributed by atoms with Crippen LogP contribution in [0.4, 0.5) is 0 Å². The lowest BCUT2D eigenvalue weighted by molar-refractivity contribution is -0.137. The summed E-state index contributed by atoms with van der Waals surface area (Å²) in [6.45, 7) is 2.29. The predicted octanol–water partition coefficient (Wildman–Crippen LogP) is 1.92. The van der Waals surface area contributed by atoms with E-state index >= 15 is 0 Å². The van der Waals surface area contributed by atoms with Crippen molar-refractivity contribution in [2.24, 2.45) is 0 Å². The Morgan fingerprint density at radius 2 is 2.00 bits per heavy atom. The van der Waals surface area contributed by atoms with Crippen LogP contribution in [0.5, 0.6) is 0 Å². The molecule has 0 saturated heterocycles. The van der Waals surface area contributed by atoms with Crippen molar-refractivity contribution in [3.8, 4) is 0 Å². The van der Waals surface area contributed by atoms with Crippen LogP contribution in [-0.4, -0.2) is 23.7 Å². The summed E-state index contributed by atoms with van der Waals surface area (Å²) in [5, 5.41) is 8.22. The van der Waals surface area contributed by atoms with Crippen LogP contribution in [0.25, 0.3) is 0 Å². The average molecular weight is 212 g/mol. The molecule has 0 bridgehead atoms. The van der Waals surface area contributed by atoms with Gasteiger partial charge in [0, 0.05) is 12.2 Å². The van der Waals surface area contributed by atoms with Gasteiger partial charge in [-0.05, 0) is 6.42 Å². The van der Waals surface area contributed by atoms with Crippen LogP contribution in [0.15, 0.2) is 24.3 Å². The summed E-state index contributed by atoms with van der Waals surface area (Å²) in [6.07, 6.45) is 8.55. The van der Waals surface area contributed by atoms with Gasteiger partial charge >= 0.3 is 11.9 Å². The molecule has 0 aromatic rings. The molecule has 0 aliphatic rings. The number of carboxylic acids is 1. The van der Waals surface area contributed by atoms with E-state index in [0.717, 1.165) is 31.4 Å². The lowest BCUT2D eigenvalue weighted by atomic mass is 10.2. The van der Waals surface area contributed by atoms with Gasteiger partial charge in [-0.15, -0.1) is 0 Å². The summed E-state index contributed by atoms with van der Waals surface area (Å²) in [5.41, 5.74) is 0. The quantitative estimate of drug-likeness (QED) is 0.303. The molecule has 0 spiro atoms. The van der Waals surface area contributed by atoms with Gasteiger partial charge in [-0.1, -0.05) is 31.9 Å². The van der Waals surface area contributed by atoms with Crippen LogP contribution >= 0.6 is 0 Å². The van der Waals surface area contributed by atoms with Crippen molar-refractivity contribution < 1.29 is 19.4 Å². The zero-order valence-electron chi connectivity index (χ0n) is 8.81. The molecule has 15 heavy (non-hydrogen) atoms. The first kappa shape index (κ1) is 13.4. The molecule has 1 N–H and O–H groups in total. The molecule has 4 nitrogen and oxygen atoms in total. The van der Waals surface area contributed by atoms with Crippen molar-refractivity contribution in [1.82, 2.24) is 0 Å². The van der Waals surface area contributed by atoms with E-state index in [4.69, 9.17) is 9.84 Å². The number of carbonyl (C=O) groups is 2. The van der Waals surface area contributed by atoms with Gasteiger partial charge in [-0.3, -0.25) is 0 Å². The minimum atomic E-state index is -1.16. The molecule has 0 rings (SSSR count). The van der Waals surface area contributed by atoms with E-state index in [1.165, 1.54) is 0 Å². The smallest absolute Gasteiger partial charge is 0.331 e. The Hall–Kier alpha value is -1.58. The maximum Gasteiger partial charge on any atom is 0.331 e. The second-order valence-electron chi connectivity index (χ2n) is 2.92. The lowest BCUT2D eigenvalue weighted by Gasteiger charge is -1.95. The molecule has 0 aromatic heterocycles. The van der Waals surface area contributed by atoms with Crippen LogP contribution in [0.1, 0.15) is 26.2 Å². The number of allylic oxidation sites excluding steroid dienone is 1. The Morgan fingerprint density at radius 1 is 1.27 bits per heavy atom. The third kappa shape index (κ3) is 10.3. The standard InChI is InChI=1S/C11H16O4/c1-2-3-4-5-6-9-15-11(14)8-7-10(12)13/h5-8H,2-4,9H2,1H3,(H,12,13). The average Bonchev–Trinajstić information content (AvgIpc) is 2.20. The van der Waals surface area contributed by atoms with Crippen LogP contribution in [0.2, 0.25) is 0 Å². The van der Waals surface area contributed by atoms with Gasteiger partial charge in [-0.2, -0.15) is 0 Å². The fraction of sp³-hybridized carbons (Fsp3) is 0.455. The molecular weight excluding hydrogens is 196 g/mol. The molecule has 0 heterocycles. The van der Waals surface area contributed by atoms with Crippen molar-refractivity contribution in [3.05, 3.63) is 24.3 Å². The van der Waals surface area contributed by atoms with Gasteiger partial charge in [0.1, 0.15) is 6.61 Å². The lowest BCUT2D eigenvalue weighted by Crippen LogP contribution is -2.01. The fourth-order valence-electron chi connectivity index (χ4n) is 0.826. The SMILES string of the molecule is CCCCC=CCOC(=O)C=CC(=O)O. The maximum absolute atomic E-state index is 10.8. The highest BCUT2D eigenvalue weighted by Crippen LogP contribution is 1.94. The van der Waals surface area contributed by atoms with Crippen LogP contribution in [0, 0.1) is 0 Å². The normalized spacial score (nSPS) is 11.0. The molecule has 0 aliphatic heterocycles. The largest absolute Gasteiger partial charge is 0.478 e. The zero-order chi connectivity index (χ0) is 11.5. The molecular formula is C11H16O4. The van der Waals surface area contributed by atoms with Crippen molar-refractivity contribution in [2.45, 2.75) is 26.2 Å². The summed E-state index contributed by atoms with van der Waals surface area (Å²) in [7, 11) is 0. The van der Waals surface area contributed by atoms with E-state index in [1.54, 1.807) is 6.08 Å². The third-order valence-electron chi connectivity index (χ3n) is 1.57. The number of carbonyl (C=O) groups excluding carboxylic acids is 1. The first-order valence-electron chi connectivity index (χ1n) is 4.89. The monoisotopic (exact) mass is 212 g/mol. The number of carboxylic acid groups (broad SMARTS) is 1. The highest BCUT2D eigenvalue weighted by molar-refractivity contribution is 5.90. The molecule has 84 valence electrons. The Bertz CT molecular complexity index is 253. The second-order valence-corrected chi connectivity index (χ2v) is 2.92. The van der Waals surface area contributed by atoms with Gasteiger partial charge in [0.25, 0.3) is 0 Å². The number of rotatable bonds is 7. The molecule has 0 atom stereocenters. The van der Waals surface area contributed by atoms with Gasteiger partial charge in [0.05, 0.1) is 0 Å². The molecule has 0 radical (unpaired) electrons. The molecule has 0 aromatic carbocycles. The van der Waals surface area contributed by atoms with Crippen molar-refractivity contribution in [1.29, 1.82) is 0 Å². The Labute approximate surface area is 89.2 Å². The molecule has 0 unspecified atom stereocenters. The van der Waals surface area contributed by atoms with E-state index in [0.29, 0.717) is 0 Å². The number of hydrogen-bond donors (Lipinski definition) is 1. The number of unbranched alkanes of at least 4 members (excludes halogenated alkanes) is 2. The first-order chi connectivity index (χ1) is 7.16. The predicted molar refractivity (Wildman–Crippen MR) is 56.4 cm³/mol. The minimum Gasteiger partial charge on any atom is -0.478 e. The number of esters is 1. The number of ether oxygens (including phenoxy) is 1. The van der Waals surface area contributed by atoms with Gasteiger partial charge < -0.3 is 9.84 Å². The Balaban J connectivity index is 3.55. The van der Waals surface area contributed by atoms with Crippen LogP contribution in [-0.2, 0) is 14.3 Å². The molecule has 0 saturated carbocycles. The van der Waals surface area contributed by atoms with Gasteiger partial charge in [0.15, 0.2) is 0 Å². The maximum atomic E-state index is 10.8. The van der Waals surface area contributed by atoms with E-state index in [9.17, 15) is 9.59 Å². The third-order valence-corrected chi connectivity index (χ3v) is 1.57. The van der Waals surface area contributed by atoms with Crippen molar-refractivity contribution in [3.63, 3.8) is 0 Å². The summed E-state index contributed by atoms with van der Waals surface area (Å²) in [6, 6.07) is 0. The Morgan fingerprint density at radius 3 is 2.60 bits per heavy atom. The Kier molecular flexibility index (Phi) is 8.05. The topological polar surface area (TPSA) is 63.6 Å². The number of aliphatic carboxylic acids is 1. The molecule has 0 aliphatic carbocycles. The van der Waals surface area contributed by atoms with Crippen molar-refractivity contribution >= 4 is 11.9 Å². The highest BCUT2D eigenvalue weighted by atomic mass is 16.5. The van der Waals surface area contributed by atoms with Crippen LogP contribution in [0.3, 0.4) is 0 Å². The highest BCUT2D eigenvalue weighted by Gasteiger charge is 1.95. The first-order valence-corrected chi connectivity index (χ1v) is 4.89. The fourth-order valence-corrected chi connectivity index (χ4v) is 0.826. The summed E-state index contributed by atoms with van der Waals surface area (Å²) in [4.78, 5) is 20.9. The van der Waals surface area contributed by atoms with E-state index < -0.39 is 11.9 Å². The van der Waals surface area contributed by atoms with Crippen molar-refractivity contribution in [2.75, 3.05) is 6.61 Å². The van der Waals surface area contributed by atoms with E-state index in [1.807, 2.05) is 6.08 Å². The molecule has 0 amide bonds. The molecule has 0 fully saturated rings. The minimum absolute atomic E-state index is 0.187. The van der Waals surface area contributed by atoms with Gasteiger partial charge in [0.2, 0.25) is 0 Å². The second kappa shape index (κ2) is 8.99.